The van der Waals surface area contributed by atoms with Crippen molar-refractivity contribution in [2.75, 3.05) is 0 Å². The second-order valence-corrected chi connectivity index (χ2v) is 8.66. The summed E-state index contributed by atoms with van der Waals surface area (Å²) in [5, 5.41) is 24.8. The fraction of sp³-hybridized carbons (Fsp3) is 0.700. The Morgan fingerprint density at radius 1 is 0.697 bits per heavy atom. The van der Waals surface area contributed by atoms with Crippen LogP contribution in [-0.4, -0.2) is 69.9 Å². The molecule has 4 atom stereocenters. The second-order valence-electron chi connectivity index (χ2n) is 8.66. The molecule has 9 N–H and O–H groups in total. The standard InChI is InChI=1S/C20H35N5O8/c1-9(2)5-11(21)17(29)23-13(7-15(22)26)19(31)24-12(6-10(3)4)18(30)25-14(20(32)33)8-16(27)28/h9-14H,5-8,21H2,1-4H3,(H2,22,26)(H,23,29)(H,24,31)(H,25,30)(H,27,28)(H,32,33). The van der Waals surface area contributed by atoms with Gasteiger partial charge >= 0.3 is 11.9 Å². The zero-order valence-corrected chi connectivity index (χ0v) is 19.3. The summed E-state index contributed by atoms with van der Waals surface area (Å²) in [4.78, 5) is 71.3. The number of carboxylic acid groups (broad SMARTS) is 2. The van der Waals surface area contributed by atoms with Crippen molar-refractivity contribution in [1.29, 1.82) is 0 Å². The third-order valence-corrected chi connectivity index (χ3v) is 4.43. The van der Waals surface area contributed by atoms with Crippen molar-refractivity contribution in [2.24, 2.45) is 23.3 Å². The SMILES string of the molecule is CC(C)CC(N)C(=O)NC(CC(N)=O)C(=O)NC(CC(C)C)C(=O)NC(CC(=O)O)C(=O)O. The number of amides is 4. The van der Waals surface area contributed by atoms with E-state index >= 15 is 0 Å². The summed E-state index contributed by atoms with van der Waals surface area (Å²) >= 11 is 0. The Morgan fingerprint density at radius 3 is 1.58 bits per heavy atom. The van der Waals surface area contributed by atoms with Crippen molar-refractivity contribution in [1.82, 2.24) is 16.0 Å². The first-order chi connectivity index (χ1) is 15.1. The maximum absolute atomic E-state index is 12.8. The highest BCUT2D eigenvalue weighted by Crippen LogP contribution is 2.08. The van der Waals surface area contributed by atoms with Crippen molar-refractivity contribution < 1.29 is 39.0 Å². The Kier molecular flexibility index (Phi) is 12.7. The van der Waals surface area contributed by atoms with Crippen molar-refractivity contribution >= 4 is 35.6 Å². The highest BCUT2D eigenvalue weighted by molar-refractivity contribution is 5.96. The molecule has 0 aromatic heterocycles. The number of carbonyl (C=O) groups excluding carboxylic acids is 4. The minimum Gasteiger partial charge on any atom is -0.481 e. The van der Waals surface area contributed by atoms with Gasteiger partial charge in [0.25, 0.3) is 0 Å². The summed E-state index contributed by atoms with van der Waals surface area (Å²) < 4.78 is 0. The van der Waals surface area contributed by atoms with Gasteiger partial charge in [-0.2, -0.15) is 0 Å². The lowest BCUT2D eigenvalue weighted by atomic mass is 10.0. The van der Waals surface area contributed by atoms with E-state index in [9.17, 15) is 28.8 Å². The smallest absolute Gasteiger partial charge is 0.326 e. The van der Waals surface area contributed by atoms with E-state index in [1.807, 2.05) is 13.8 Å². The summed E-state index contributed by atoms with van der Waals surface area (Å²) in [5.74, 6) is -6.41. The molecule has 0 saturated carbocycles. The van der Waals surface area contributed by atoms with Crippen LogP contribution in [0, 0.1) is 11.8 Å². The molecule has 4 amide bonds. The normalized spacial score (nSPS) is 14.6. The number of aliphatic carboxylic acids is 2. The van der Waals surface area contributed by atoms with Gasteiger partial charge in [0.15, 0.2) is 0 Å². The van der Waals surface area contributed by atoms with E-state index in [1.165, 1.54) is 0 Å². The van der Waals surface area contributed by atoms with Crippen LogP contribution in [0.5, 0.6) is 0 Å². The molecule has 33 heavy (non-hydrogen) atoms. The van der Waals surface area contributed by atoms with Crippen LogP contribution in [0.4, 0.5) is 0 Å². The van der Waals surface area contributed by atoms with Crippen LogP contribution >= 0.6 is 0 Å². The van der Waals surface area contributed by atoms with Crippen molar-refractivity contribution in [2.45, 2.75) is 77.5 Å². The number of nitrogens with two attached hydrogens (primary N) is 2. The van der Waals surface area contributed by atoms with Gasteiger partial charge in [0.2, 0.25) is 23.6 Å². The van der Waals surface area contributed by atoms with Crippen molar-refractivity contribution in [3.05, 3.63) is 0 Å². The van der Waals surface area contributed by atoms with Gasteiger partial charge in [0.1, 0.15) is 18.1 Å². The lowest BCUT2D eigenvalue weighted by Crippen LogP contribution is -2.58. The zero-order valence-electron chi connectivity index (χ0n) is 19.3. The highest BCUT2D eigenvalue weighted by Gasteiger charge is 2.32. The van der Waals surface area contributed by atoms with E-state index in [4.69, 9.17) is 21.7 Å². The van der Waals surface area contributed by atoms with Crippen LogP contribution in [-0.2, 0) is 28.8 Å². The molecule has 13 heteroatoms. The third-order valence-electron chi connectivity index (χ3n) is 4.43. The molecule has 0 aliphatic heterocycles. The molecule has 0 heterocycles. The molecule has 0 aliphatic rings. The summed E-state index contributed by atoms with van der Waals surface area (Å²) in [6, 6.07) is -5.32. The molecule has 0 aromatic rings. The van der Waals surface area contributed by atoms with E-state index in [2.05, 4.69) is 16.0 Å². The van der Waals surface area contributed by atoms with Gasteiger partial charge in [0.05, 0.1) is 18.9 Å². The second kappa shape index (κ2) is 14.0. The Balaban J connectivity index is 5.54. The number of rotatable bonds is 15. The Hall–Kier alpha value is -3.22. The van der Waals surface area contributed by atoms with Gasteiger partial charge < -0.3 is 37.6 Å². The van der Waals surface area contributed by atoms with Gasteiger partial charge in [-0.1, -0.05) is 27.7 Å². The maximum atomic E-state index is 12.8. The molecule has 0 rings (SSSR count). The van der Waals surface area contributed by atoms with Gasteiger partial charge in [-0.15, -0.1) is 0 Å². The van der Waals surface area contributed by atoms with Gasteiger partial charge in [0, 0.05) is 0 Å². The molecule has 0 spiro atoms. The van der Waals surface area contributed by atoms with Crippen LogP contribution in [0.2, 0.25) is 0 Å². The summed E-state index contributed by atoms with van der Waals surface area (Å²) in [7, 11) is 0. The zero-order chi connectivity index (χ0) is 25.9. The minimum atomic E-state index is -1.71. The van der Waals surface area contributed by atoms with Crippen LogP contribution in [0.3, 0.4) is 0 Å². The Morgan fingerprint density at radius 2 is 1.15 bits per heavy atom. The molecule has 0 saturated heterocycles. The van der Waals surface area contributed by atoms with Gasteiger partial charge in [-0.3, -0.25) is 24.0 Å². The van der Waals surface area contributed by atoms with Crippen molar-refractivity contribution in [3.8, 4) is 0 Å². The number of primary amides is 1. The predicted molar refractivity (Wildman–Crippen MR) is 116 cm³/mol. The molecule has 0 bridgehead atoms. The molecule has 13 nitrogen and oxygen atoms in total. The number of carboxylic acids is 2. The van der Waals surface area contributed by atoms with Crippen LogP contribution in [0.15, 0.2) is 0 Å². The van der Waals surface area contributed by atoms with Crippen LogP contribution < -0.4 is 27.4 Å². The van der Waals surface area contributed by atoms with E-state index in [1.54, 1.807) is 13.8 Å². The lowest BCUT2D eigenvalue weighted by molar-refractivity contribution is -0.147. The molecular weight excluding hydrogens is 438 g/mol. The monoisotopic (exact) mass is 473 g/mol. The molecule has 4 unspecified atom stereocenters. The molecule has 188 valence electrons. The quantitative estimate of drug-likeness (QED) is 0.143. The number of nitrogens with one attached hydrogen (secondary N) is 3. The van der Waals surface area contributed by atoms with Crippen molar-refractivity contribution in [3.63, 3.8) is 0 Å². The molecule has 0 radical (unpaired) electrons. The fourth-order valence-electron chi connectivity index (χ4n) is 2.93. The number of hydrogen-bond acceptors (Lipinski definition) is 7. The fourth-order valence-corrected chi connectivity index (χ4v) is 2.93. The maximum Gasteiger partial charge on any atom is 0.326 e. The van der Waals surface area contributed by atoms with Gasteiger partial charge in [-0.05, 0) is 24.7 Å². The highest BCUT2D eigenvalue weighted by atomic mass is 16.4. The summed E-state index contributed by atoms with van der Waals surface area (Å²) in [6.07, 6.45) is -1.02. The lowest BCUT2D eigenvalue weighted by Gasteiger charge is -2.25. The molecule has 0 fully saturated rings. The number of hydrogen-bond donors (Lipinski definition) is 7. The first-order valence-corrected chi connectivity index (χ1v) is 10.5. The first kappa shape index (κ1) is 29.8. The summed E-state index contributed by atoms with van der Waals surface area (Å²) in [6.45, 7) is 7.19. The first-order valence-electron chi connectivity index (χ1n) is 10.5. The molecular formula is C20H35N5O8. The topological polar surface area (TPSA) is 231 Å². The van der Waals surface area contributed by atoms with E-state index in [-0.39, 0.29) is 18.3 Å². The van der Waals surface area contributed by atoms with E-state index < -0.39 is 72.6 Å². The van der Waals surface area contributed by atoms with E-state index in [0.29, 0.717) is 6.42 Å². The van der Waals surface area contributed by atoms with Crippen LogP contribution in [0.1, 0.15) is 53.4 Å². The number of carbonyl (C=O) groups is 6. The Labute approximate surface area is 192 Å². The van der Waals surface area contributed by atoms with Gasteiger partial charge in [-0.25, -0.2) is 4.79 Å². The third kappa shape index (κ3) is 12.4. The van der Waals surface area contributed by atoms with Crippen LogP contribution in [0.25, 0.3) is 0 Å². The molecule has 0 aromatic carbocycles. The average Bonchev–Trinajstić information content (AvgIpc) is 2.64. The predicted octanol–water partition coefficient (Wildman–Crippen LogP) is -1.70. The average molecular weight is 474 g/mol. The minimum absolute atomic E-state index is 0.0705. The largest absolute Gasteiger partial charge is 0.481 e. The molecule has 0 aliphatic carbocycles. The Bertz CT molecular complexity index is 740. The van der Waals surface area contributed by atoms with E-state index in [0.717, 1.165) is 0 Å². The summed E-state index contributed by atoms with van der Waals surface area (Å²) in [5.41, 5.74) is 11.0.